The van der Waals surface area contributed by atoms with Crippen molar-refractivity contribution in [3.8, 4) is 0 Å². The molecule has 4 nitrogen and oxygen atoms in total. The van der Waals surface area contributed by atoms with Gasteiger partial charge >= 0.3 is 5.97 Å². The smallest absolute Gasteiger partial charge is 0.356 e. The normalized spacial score (nSPS) is 10.5. The van der Waals surface area contributed by atoms with E-state index >= 15 is 0 Å². The van der Waals surface area contributed by atoms with Gasteiger partial charge in [-0.15, -0.1) is 0 Å². The van der Waals surface area contributed by atoms with Crippen molar-refractivity contribution < 1.29 is 9.90 Å². The maximum atomic E-state index is 10.9. The molecule has 0 amide bonds. The predicted octanol–water partition coefficient (Wildman–Crippen LogP) is 2.77. The SMILES string of the molecule is Cc1[nH]c(Cc2cccc(Br)c2)nc1C(=O)O. The highest BCUT2D eigenvalue weighted by atomic mass is 79.9. The molecule has 0 radical (unpaired) electrons. The zero-order chi connectivity index (χ0) is 12.4. The number of imidazole rings is 1. The van der Waals surface area contributed by atoms with Crippen LogP contribution in [0.3, 0.4) is 0 Å². The van der Waals surface area contributed by atoms with Gasteiger partial charge in [0, 0.05) is 16.6 Å². The summed E-state index contributed by atoms with van der Waals surface area (Å²) >= 11 is 3.39. The van der Waals surface area contributed by atoms with Crippen LogP contribution >= 0.6 is 15.9 Å². The number of nitrogens with one attached hydrogen (secondary N) is 1. The number of hydrogen-bond donors (Lipinski definition) is 2. The van der Waals surface area contributed by atoms with Gasteiger partial charge in [0.15, 0.2) is 5.69 Å². The zero-order valence-corrected chi connectivity index (χ0v) is 10.8. The fraction of sp³-hybridized carbons (Fsp3) is 0.167. The summed E-state index contributed by atoms with van der Waals surface area (Å²) in [6.45, 7) is 1.71. The number of aromatic amines is 1. The molecule has 1 heterocycles. The standard InChI is InChI=1S/C12H11BrN2O2/c1-7-11(12(16)17)15-10(14-7)6-8-3-2-4-9(13)5-8/h2-5H,6H2,1H3,(H,14,15)(H,16,17). The van der Waals surface area contributed by atoms with Gasteiger partial charge in [0.05, 0.1) is 0 Å². The van der Waals surface area contributed by atoms with Crippen molar-refractivity contribution in [2.75, 3.05) is 0 Å². The predicted molar refractivity (Wildman–Crippen MR) is 67.2 cm³/mol. The molecule has 0 saturated carbocycles. The largest absolute Gasteiger partial charge is 0.476 e. The zero-order valence-electron chi connectivity index (χ0n) is 9.20. The van der Waals surface area contributed by atoms with Crippen LogP contribution in [0.2, 0.25) is 0 Å². The van der Waals surface area contributed by atoms with E-state index in [2.05, 4.69) is 25.9 Å². The second-order valence-electron chi connectivity index (χ2n) is 3.77. The number of carbonyl (C=O) groups is 1. The van der Waals surface area contributed by atoms with E-state index in [-0.39, 0.29) is 5.69 Å². The topological polar surface area (TPSA) is 66.0 Å². The van der Waals surface area contributed by atoms with Crippen LogP contribution in [0, 0.1) is 6.92 Å². The summed E-state index contributed by atoms with van der Waals surface area (Å²) in [7, 11) is 0. The first kappa shape index (κ1) is 11.9. The molecule has 0 aliphatic heterocycles. The van der Waals surface area contributed by atoms with E-state index in [4.69, 9.17) is 5.11 Å². The number of aromatic carboxylic acids is 1. The third-order valence-electron chi connectivity index (χ3n) is 2.40. The average Bonchev–Trinajstić information content (AvgIpc) is 2.59. The maximum absolute atomic E-state index is 10.9. The summed E-state index contributed by atoms with van der Waals surface area (Å²) in [6, 6.07) is 7.84. The highest BCUT2D eigenvalue weighted by Gasteiger charge is 2.13. The highest BCUT2D eigenvalue weighted by molar-refractivity contribution is 9.10. The van der Waals surface area contributed by atoms with Crippen molar-refractivity contribution in [1.82, 2.24) is 9.97 Å². The summed E-state index contributed by atoms with van der Waals surface area (Å²) < 4.78 is 0.997. The third-order valence-corrected chi connectivity index (χ3v) is 2.89. The Morgan fingerprint density at radius 2 is 2.29 bits per heavy atom. The van der Waals surface area contributed by atoms with Gasteiger partial charge in [0.2, 0.25) is 0 Å². The van der Waals surface area contributed by atoms with Crippen LogP contribution in [0.25, 0.3) is 0 Å². The Hall–Kier alpha value is -1.62. The van der Waals surface area contributed by atoms with Gasteiger partial charge < -0.3 is 10.1 Å². The average molecular weight is 295 g/mol. The minimum absolute atomic E-state index is 0.0926. The monoisotopic (exact) mass is 294 g/mol. The van der Waals surface area contributed by atoms with E-state index in [1.807, 2.05) is 24.3 Å². The quantitative estimate of drug-likeness (QED) is 0.915. The Morgan fingerprint density at radius 1 is 1.53 bits per heavy atom. The Kier molecular flexibility index (Phi) is 3.28. The minimum Gasteiger partial charge on any atom is -0.476 e. The number of rotatable bonds is 3. The van der Waals surface area contributed by atoms with E-state index < -0.39 is 5.97 Å². The second kappa shape index (κ2) is 4.71. The molecule has 0 atom stereocenters. The van der Waals surface area contributed by atoms with E-state index in [0.29, 0.717) is 17.9 Å². The molecule has 2 rings (SSSR count). The highest BCUT2D eigenvalue weighted by Crippen LogP contribution is 2.15. The number of nitrogens with zero attached hydrogens (tertiary/aromatic N) is 1. The first-order chi connectivity index (χ1) is 8.06. The van der Waals surface area contributed by atoms with Crippen molar-refractivity contribution >= 4 is 21.9 Å². The summed E-state index contributed by atoms with van der Waals surface area (Å²) in [5.74, 6) is -0.336. The lowest BCUT2D eigenvalue weighted by Crippen LogP contribution is -1.99. The lowest BCUT2D eigenvalue weighted by Gasteiger charge is -1.98. The van der Waals surface area contributed by atoms with Gasteiger partial charge in [0.1, 0.15) is 5.82 Å². The second-order valence-corrected chi connectivity index (χ2v) is 4.68. The van der Waals surface area contributed by atoms with Crippen LogP contribution in [0.4, 0.5) is 0 Å². The molecule has 88 valence electrons. The molecule has 0 unspecified atom stereocenters. The number of carboxylic acid groups (broad SMARTS) is 1. The molecular weight excluding hydrogens is 284 g/mol. The molecule has 2 aromatic rings. The molecule has 0 aliphatic rings. The van der Waals surface area contributed by atoms with Crippen molar-refractivity contribution in [3.05, 3.63) is 51.5 Å². The van der Waals surface area contributed by atoms with Gasteiger partial charge in [-0.2, -0.15) is 0 Å². The van der Waals surface area contributed by atoms with Crippen molar-refractivity contribution in [2.45, 2.75) is 13.3 Å². The summed E-state index contributed by atoms with van der Waals surface area (Å²) in [6.07, 6.45) is 0.591. The van der Waals surface area contributed by atoms with Crippen LogP contribution in [0.15, 0.2) is 28.7 Å². The van der Waals surface area contributed by atoms with E-state index in [0.717, 1.165) is 10.0 Å². The Labute approximate surface area is 107 Å². The molecule has 5 heteroatoms. The number of H-pyrrole nitrogens is 1. The van der Waals surface area contributed by atoms with E-state index in [9.17, 15) is 4.79 Å². The van der Waals surface area contributed by atoms with Crippen LogP contribution in [-0.2, 0) is 6.42 Å². The fourth-order valence-corrected chi connectivity index (χ4v) is 2.10. The molecule has 0 fully saturated rings. The van der Waals surface area contributed by atoms with Gasteiger partial charge in [-0.25, -0.2) is 9.78 Å². The van der Waals surface area contributed by atoms with Crippen molar-refractivity contribution in [2.24, 2.45) is 0 Å². The Bertz CT molecular complexity index is 563. The number of benzene rings is 1. The van der Waals surface area contributed by atoms with Gasteiger partial charge in [0.25, 0.3) is 0 Å². The minimum atomic E-state index is -1.00. The molecule has 0 saturated heterocycles. The molecule has 0 aliphatic carbocycles. The number of halogens is 1. The molecule has 2 N–H and O–H groups in total. The number of aromatic nitrogens is 2. The molecule has 17 heavy (non-hydrogen) atoms. The van der Waals surface area contributed by atoms with Crippen LogP contribution in [-0.4, -0.2) is 21.0 Å². The third kappa shape index (κ3) is 2.74. The number of carboxylic acids is 1. The molecule has 0 bridgehead atoms. The number of hydrogen-bond acceptors (Lipinski definition) is 2. The van der Waals surface area contributed by atoms with Crippen molar-refractivity contribution in [3.63, 3.8) is 0 Å². The Morgan fingerprint density at radius 3 is 2.88 bits per heavy atom. The first-order valence-corrected chi connectivity index (χ1v) is 5.89. The summed E-state index contributed by atoms with van der Waals surface area (Å²) in [5, 5.41) is 8.90. The van der Waals surface area contributed by atoms with Gasteiger partial charge in [-0.1, -0.05) is 28.1 Å². The lowest BCUT2D eigenvalue weighted by molar-refractivity contribution is 0.0690. The summed E-state index contributed by atoms with van der Waals surface area (Å²) in [4.78, 5) is 17.9. The maximum Gasteiger partial charge on any atom is 0.356 e. The first-order valence-electron chi connectivity index (χ1n) is 5.09. The molecule has 1 aromatic heterocycles. The van der Waals surface area contributed by atoms with Gasteiger partial charge in [-0.3, -0.25) is 0 Å². The van der Waals surface area contributed by atoms with Gasteiger partial charge in [-0.05, 0) is 24.6 Å². The van der Waals surface area contributed by atoms with Crippen LogP contribution in [0.5, 0.6) is 0 Å². The lowest BCUT2D eigenvalue weighted by atomic mass is 10.1. The van der Waals surface area contributed by atoms with E-state index in [1.165, 1.54) is 0 Å². The van der Waals surface area contributed by atoms with Crippen molar-refractivity contribution in [1.29, 1.82) is 0 Å². The van der Waals surface area contributed by atoms with E-state index in [1.54, 1.807) is 6.92 Å². The summed E-state index contributed by atoms with van der Waals surface area (Å²) in [5.41, 5.74) is 1.75. The van der Waals surface area contributed by atoms with Crippen LogP contribution < -0.4 is 0 Å². The Balaban J connectivity index is 2.25. The number of aryl methyl sites for hydroxylation is 1. The fourth-order valence-electron chi connectivity index (χ4n) is 1.65. The van der Waals surface area contributed by atoms with Crippen LogP contribution in [0.1, 0.15) is 27.6 Å². The molecule has 0 spiro atoms. The molecular formula is C12H11BrN2O2. The molecule has 1 aromatic carbocycles.